The van der Waals surface area contributed by atoms with Gasteiger partial charge in [-0.3, -0.25) is 9.78 Å². The highest BCUT2D eigenvalue weighted by Gasteiger charge is 2.03. The minimum Gasteiger partial charge on any atom is -0.497 e. The molecule has 122 valence electrons. The molecular formula is C17H15N3O4. The Morgan fingerprint density at radius 2 is 1.92 bits per heavy atom. The number of nitrogens with two attached hydrogens (primary N) is 1. The van der Waals surface area contributed by atoms with E-state index in [-0.39, 0.29) is 5.69 Å². The van der Waals surface area contributed by atoms with E-state index in [9.17, 15) is 9.59 Å². The van der Waals surface area contributed by atoms with E-state index in [0.717, 1.165) is 16.7 Å². The number of primary amides is 1. The van der Waals surface area contributed by atoms with Gasteiger partial charge in [0.2, 0.25) is 5.91 Å². The fourth-order valence-electron chi connectivity index (χ4n) is 1.85. The molecule has 0 aliphatic heterocycles. The van der Waals surface area contributed by atoms with Crippen LogP contribution in [0.2, 0.25) is 0 Å². The van der Waals surface area contributed by atoms with E-state index in [1.54, 1.807) is 31.4 Å². The average Bonchev–Trinajstić information content (AvgIpc) is 2.62. The van der Waals surface area contributed by atoms with Crippen molar-refractivity contribution in [2.24, 2.45) is 5.73 Å². The zero-order valence-electron chi connectivity index (χ0n) is 12.8. The van der Waals surface area contributed by atoms with Crippen LogP contribution in [0.15, 0.2) is 54.9 Å². The molecule has 0 spiro atoms. The maximum atomic E-state index is 10.9. The van der Waals surface area contributed by atoms with Crippen molar-refractivity contribution in [2.45, 2.75) is 0 Å². The third-order valence-corrected chi connectivity index (χ3v) is 3.06. The highest BCUT2D eigenvalue weighted by atomic mass is 16.5. The first-order valence-corrected chi connectivity index (χ1v) is 6.89. The maximum absolute atomic E-state index is 10.9. The van der Waals surface area contributed by atoms with Gasteiger partial charge in [-0.1, -0.05) is 6.07 Å². The number of rotatable bonds is 3. The number of fused-ring (bicyclic) bond motifs is 1. The van der Waals surface area contributed by atoms with Gasteiger partial charge in [0.1, 0.15) is 11.4 Å². The molecule has 24 heavy (non-hydrogen) atoms. The summed E-state index contributed by atoms with van der Waals surface area (Å²) in [5.41, 5.74) is 6.43. The lowest BCUT2D eigenvalue weighted by Crippen LogP contribution is -2.10. The number of pyridine rings is 2. The molecule has 7 nitrogen and oxygen atoms in total. The van der Waals surface area contributed by atoms with Crippen molar-refractivity contribution in [2.75, 3.05) is 7.11 Å². The van der Waals surface area contributed by atoms with Gasteiger partial charge in [-0.15, -0.1) is 0 Å². The van der Waals surface area contributed by atoms with Gasteiger partial charge in [0, 0.05) is 23.8 Å². The van der Waals surface area contributed by atoms with Crippen molar-refractivity contribution in [3.8, 4) is 5.75 Å². The number of carboxylic acid groups (broad SMARTS) is 1. The van der Waals surface area contributed by atoms with Crippen molar-refractivity contribution < 1.29 is 19.4 Å². The van der Waals surface area contributed by atoms with Gasteiger partial charge in [0.25, 0.3) is 0 Å². The molecule has 0 unspecified atom stereocenters. The van der Waals surface area contributed by atoms with Crippen LogP contribution in [0.25, 0.3) is 10.9 Å². The first-order valence-electron chi connectivity index (χ1n) is 6.89. The van der Waals surface area contributed by atoms with Crippen LogP contribution >= 0.6 is 0 Å². The van der Waals surface area contributed by atoms with Crippen LogP contribution in [0, 0.1) is 0 Å². The van der Waals surface area contributed by atoms with Crippen LogP contribution in [0.1, 0.15) is 20.8 Å². The van der Waals surface area contributed by atoms with Gasteiger partial charge in [0.15, 0.2) is 0 Å². The number of aromatic nitrogens is 2. The third-order valence-electron chi connectivity index (χ3n) is 3.06. The summed E-state index contributed by atoms with van der Waals surface area (Å²) < 4.78 is 5.07. The summed E-state index contributed by atoms with van der Waals surface area (Å²) in [5.74, 6) is -0.724. The normalized spacial score (nSPS) is 9.71. The van der Waals surface area contributed by atoms with Crippen LogP contribution in [0.5, 0.6) is 5.75 Å². The number of hydrogen-bond donors (Lipinski definition) is 2. The Bertz CT molecular complexity index is 866. The van der Waals surface area contributed by atoms with Crippen LogP contribution in [-0.4, -0.2) is 34.1 Å². The van der Waals surface area contributed by atoms with E-state index in [1.807, 2.05) is 12.1 Å². The predicted molar refractivity (Wildman–Crippen MR) is 88.0 cm³/mol. The van der Waals surface area contributed by atoms with Gasteiger partial charge in [0.05, 0.1) is 18.2 Å². The van der Waals surface area contributed by atoms with Crippen LogP contribution < -0.4 is 10.5 Å². The lowest BCUT2D eigenvalue weighted by molar-refractivity contribution is 0.0690. The molecule has 3 rings (SSSR count). The minimum absolute atomic E-state index is 0.0810. The monoisotopic (exact) mass is 325 g/mol. The molecule has 1 aromatic carbocycles. The zero-order chi connectivity index (χ0) is 17.5. The van der Waals surface area contributed by atoms with Gasteiger partial charge in [-0.05, 0) is 30.3 Å². The van der Waals surface area contributed by atoms with Crippen molar-refractivity contribution in [3.05, 3.63) is 66.1 Å². The molecule has 0 bridgehead atoms. The molecule has 0 radical (unpaired) electrons. The molecule has 3 aromatic rings. The van der Waals surface area contributed by atoms with E-state index in [0.29, 0.717) is 5.56 Å². The predicted octanol–water partition coefficient (Wildman–Crippen LogP) is 2.12. The van der Waals surface area contributed by atoms with E-state index < -0.39 is 11.9 Å². The van der Waals surface area contributed by atoms with Gasteiger partial charge < -0.3 is 15.6 Å². The van der Waals surface area contributed by atoms with Gasteiger partial charge >= 0.3 is 5.97 Å². The number of carbonyl (C=O) groups excluding carboxylic acids is 1. The number of carbonyl (C=O) groups is 2. The van der Waals surface area contributed by atoms with Crippen LogP contribution in [-0.2, 0) is 0 Å². The second-order valence-electron chi connectivity index (χ2n) is 4.67. The second kappa shape index (κ2) is 7.68. The lowest BCUT2D eigenvalue weighted by atomic mass is 10.1. The smallest absolute Gasteiger partial charge is 0.354 e. The number of amides is 1. The molecule has 7 heteroatoms. The topological polar surface area (TPSA) is 115 Å². The molecular weight excluding hydrogens is 310 g/mol. The molecule has 2 aromatic heterocycles. The average molecular weight is 325 g/mol. The Hall–Kier alpha value is -3.48. The zero-order valence-corrected chi connectivity index (χ0v) is 12.8. The van der Waals surface area contributed by atoms with Gasteiger partial charge in [-0.25, -0.2) is 9.78 Å². The number of benzene rings is 1. The fourth-order valence-corrected chi connectivity index (χ4v) is 1.85. The minimum atomic E-state index is -0.990. The third kappa shape index (κ3) is 4.26. The summed E-state index contributed by atoms with van der Waals surface area (Å²) >= 11 is 0. The van der Waals surface area contributed by atoms with E-state index >= 15 is 0 Å². The van der Waals surface area contributed by atoms with Crippen molar-refractivity contribution >= 4 is 22.8 Å². The van der Waals surface area contributed by atoms with E-state index in [1.165, 1.54) is 18.5 Å². The lowest BCUT2D eigenvalue weighted by Gasteiger charge is -2.02. The molecule has 3 N–H and O–H groups in total. The Morgan fingerprint density at radius 3 is 2.46 bits per heavy atom. The summed E-state index contributed by atoms with van der Waals surface area (Å²) in [6.07, 6.45) is 2.91. The Morgan fingerprint density at radius 1 is 1.12 bits per heavy atom. The van der Waals surface area contributed by atoms with Gasteiger partial charge in [-0.2, -0.15) is 0 Å². The molecule has 0 atom stereocenters. The van der Waals surface area contributed by atoms with Crippen LogP contribution in [0.3, 0.4) is 0 Å². The number of aromatic carboxylic acids is 1. The fraction of sp³-hybridized carbons (Fsp3) is 0.0588. The summed E-state index contributed by atoms with van der Waals surface area (Å²) in [4.78, 5) is 28.8. The van der Waals surface area contributed by atoms with Crippen molar-refractivity contribution in [1.29, 1.82) is 0 Å². The quantitative estimate of drug-likeness (QED) is 0.762. The number of ether oxygens (including phenoxy) is 1. The highest BCUT2D eigenvalue weighted by molar-refractivity contribution is 5.96. The summed E-state index contributed by atoms with van der Waals surface area (Å²) in [6.45, 7) is 0. The number of hydrogen-bond acceptors (Lipinski definition) is 5. The van der Waals surface area contributed by atoms with Crippen LogP contribution in [0.4, 0.5) is 0 Å². The first-order chi connectivity index (χ1) is 11.5. The summed E-state index contributed by atoms with van der Waals surface area (Å²) in [7, 11) is 1.60. The Balaban J connectivity index is 0.000000198. The molecule has 0 aliphatic carbocycles. The molecule has 0 aliphatic rings. The highest BCUT2D eigenvalue weighted by Crippen LogP contribution is 2.19. The number of nitrogens with zero attached hydrogens (tertiary/aromatic N) is 2. The summed E-state index contributed by atoms with van der Waals surface area (Å²) in [5, 5.41) is 9.19. The molecule has 1 amide bonds. The Kier molecular flexibility index (Phi) is 5.40. The first kappa shape index (κ1) is 16.9. The molecule has 0 fully saturated rings. The Labute approximate surface area is 137 Å². The molecule has 2 heterocycles. The van der Waals surface area contributed by atoms with Crippen molar-refractivity contribution in [3.63, 3.8) is 0 Å². The second-order valence-corrected chi connectivity index (χ2v) is 4.67. The SMILES string of the molecule is COc1ccc2cc(C(N)=O)cnc2c1.O=C(O)c1ccccn1. The summed E-state index contributed by atoms with van der Waals surface area (Å²) in [6, 6.07) is 11.9. The van der Waals surface area contributed by atoms with E-state index in [2.05, 4.69) is 9.97 Å². The number of carboxylic acids is 1. The molecule has 0 saturated carbocycles. The largest absolute Gasteiger partial charge is 0.497 e. The number of methoxy groups -OCH3 is 1. The van der Waals surface area contributed by atoms with E-state index in [4.69, 9.17) is 15.6 Å². The van der Waals surface area contributed by atoms with Crippen molar-refractivity contribution in [1.82, 2.24) is 9.97 Å². The maximum Gasteiger partial charge on any atom is 0.354 e. The standard InChI is InChI=1S/C11H10N2O2.C6H5NO2/c1-15-9-3-2-7-4-8(11(12)14)6-13-10(7)5-9;8-6(9)5-3-1-2-4-7-5/h2-6H,1H3,(H2,12,14);1-4H,(H,8,9). The molecule has 0 saturated heterocycles.